The predicted octanol–water partition coefficient (Wildman–Crippen LogP) is 4.12. The molecule has 0 spiro atoms. The Balaban J connectivity index is 1.53. The Hall–Kier alpha value is -3.16. The van der Waals surface area contributed by atoms with E-state index >= 15 is 0 Å². The van der Waals surface area contributed by atoms with Gasteiger partial charge >= 0.3 is 0 Å². The Morgan fingerprint density at radius 3 is 2.39 bits per heavy atom. The summed E-state index contributed by atoms with van der Waals surface area (Å²) >= 11 is 7.13. The molecule has 0 saturated carbocycles. The second-order valence-corrected chi connectivity index (χ2v) is 7.54. The maximum atomic E-state index is 12.5. The fraction of sp³-hybridized carbons (Fsp3) is 0.0500. The molecule has 0 atom stereocenters. The summed E-state index contributed by atoms with van der Waals surface area (Å²) in [6.45, 7) is 1.90. The van der Waals surface area contributed by atoms with Crippen LogP contribution in [0.1, 0.15) is 25.7 Å². The molecule has 2 aromatic heterocycles. The lowest BCUT2D eigenvalue weighted by atomic mass is 10.2. The summed E-state index contributed by atoms with van der Waals surface area (Å²) in [7, 11) is 0. The SMILES string of the molecule is Cc1nn(-c2ccccc2)c2sc(C(=O)NNC(=O)c3ccc(Cl)cc3)cc12. The van der Waals surface area contributed by atoms with E-state index in [2.05, 4.69) is 16.0 Å². The first-order valence-corrected chi connectivity index (χ1v) is 9.63. The largest absolute Gasteiger partial charge is 0.279 e. The maximum Gasteiger partial charge on any atom is 0.279 e. The first-order valence-electron chi connectivity index (χ1n) is 8.44. The van der Waals surface area contributed by atoms with E-state index in [9.17, 15) is 9.59 Å². The van der Waals surface area contributed by atoms with Crippen LogP contribution in [0.5, 0.6) is 0 Å². The van der Waals surface area contributed by atoms with E-state index in [1.807, 2.05) is 41.9 Å². The lowest BCUT2D eigenvalue weighted by Crippen LogP contribution is -2.41. The number of aryl methyl sites for hydroxylation is 1. The molecule has 2 aromatic carbocycles. The van der Waals surface area contributed by atoms with Gasteiger partial charge in [0.25, 0.3) is 11.8 Å². The van der Waals surface area contributed by atoms with Crippen LogP contribution in [0.15, 0.2) is 60.7 Å². The Labute approximate surface area is 169 Å². The van der Waals surface area contributed by atoms with Crippen molar-refractivity contribution < 1.29 is 9.59 Å². The van der Waals surface area contributed by atoms with Crippen LogP contribution >= 0.6 is 22.9 Å². The van der Waals surface area contributed by atoms with Gasteiger partial charge in [0.2, 0.25) is 0 Å². The third-order valence-corrected chi connectivity index (χ3v) is 5.53. The molecule has 6 nitrogen and oxygen atoms in total. The molecule has 0 aliphatic heterocycles. The molecule has 28 heavy (non-hydrogen) atoms. The average molecular weight is 411 g/mol. The summed E-state index contributed by atoms with van der Waals surface area (Å²) in [6, 6.07) is 17.9. The molecule has 2 amide bonds. The van der Waals surface area contributed by atoms with Crippen molar-refractivity contribution >= 4 is 45.0 Å². The molecule has 0 bridgehead atoms. The van der Waals surface area contributed by atoms with Crippen LogP contribution < -0.4 is 10.9 Å². The number of hydrazine groups is 1. The van der Waals surface area contributed by atoms with Crippen molar-refractivity contribution in [3.8, 4) is 5.69 Å². The van der Waals surface area contributed by atoms with Gasteiger partial charge in [-0.3, -0.25) is 20.4 Å². The zero-order valence-electron chi connectivity index (χ0n) is 14.8. The highest BCUT2D eigenvalue weighted by molar-refractivity contribution is 7.20. The van der Waals surface area contributed by atoms with Gasteiger partial charge in [0, 0.05) is 16.0 Å². The van der Waals surface area contributed by atoms with E-state index in [1.165, 1.54) is 11.3 Å². The van der Waals surface area contributed by atoms with Crippen molar-refractivity contribution in [2.24, 2.45) is 0 Å². The summed E-state index contributed by atoms with van der Waals surface area (Å²) < 4.78 is 1.82. The molecule has 8 heteroatoms. The summed E-state index contributed by atoms with van der Waals surface area (Å²) in [6.07, 6.45) is 0. The monoisotopic (exact) mass is 410 g/mol. The number of aromatic nitrogens is 2. The van der Waals surface area contributed by atoms with Crippen LogP contribution in [-0.4, -0.2) is 21.6 Å². The van der Waals surface area contributed by atoms with E-state index in [0.717, 1.165) is 21.6 Å². The minimum Gasteiger partial charge on any atom is -0.267 e. The van der Waals surface area contributed by atoms with Crippen LogP contribution in [0.4, 0.5) is 0 Å². The molecule has 0 aliphatic carbocycles. The normalized spacial score (nSPS) is 10.8. The smallest absolute Gasteiger partial charge is 0.267 e. The van der Waals surface area contributed by atoms with E-state index in [4.69, 9.17) is 11.6 Å². The van der Waals surface area contributed by atoms with E-state index in [-0.39, 0.29) is 5.91 Å². The Morgan fingerprint density at radius 2 is 1.68 bits per heavy atom. The van der Waals surface area contributed by atoms with E-state index in [0.29, 0.717) is 15.5 Å². The van der Waals surface area contributed by atoms with Gasteiger partial charge in [0.1, 0.15) is 4.83 Å². The highest BCUT2D eigenvalue weighted by atomic mass is 35.5. The number of halogens is 1. The first kappa shape index (κ1) is 18.2. The number of nitrogens with zero attached hydrogens (tertiary/aromatic N) is 2. The molecule has 2 N–H and O–H groups in total. The van der Waals surface area contributed by atoms with E-state index in [1.54, 1.807) is 30.3 Å². The highest BCUT2D eigenvalue weighted by Crippen LogP contribution is 2.30. The second-order valence-electron chi connectivity index (χ2n) is 6.08. The summed E-state index contributed by atoms with van der Waals surface area (Å²) in [4.78, 5) is 26.0. The molecule has 0 aliphatic rings. The molecular weight excluding hydrogens is 396 g/mol. The molecular formula is C20H15ClN4O2S. The molecule has 4 aromatic rings. The molecule has 4 rings (SSSR count). The van der Waals surface area contributed by atoms with Gasteiger partial charge in [-0.1, -0.05) is 29.8 Å². The molecule has 140 valence electrons. The third-order valence-electron chi connectivity index (χ3n) is 4.17. The number of amides is 2. The van der Waals surface area contributed by atoms with Crippen molar-refractivity contribution in [1.29, 1.82) is 0 Å². The molecule has 2 heterocycles. The number of benzene rings is 2. The summed E-state index contributed by atoms with van der Waals surface area (Å²) in [5.74, 6) is -0.805. The number of hydrogen-bond donors (Lipinski definition) is 2. The minimum atomic E-state index is -0.419. The molecule has 0 unspecified atom stereocenters. The average Bonchev–Trinajstić information content (AvgIpc) is 3.28. The Bertz CT molecular complexity index is 1170. The van der Waals surface area contributed by atoms with Crippen LogP contribution in [0, 0.1) is 6.92 Å². The number of carbonyl (C=O) groups is 2. The van der Waals surface area contributed by atoms with E-state index < -0.39 is 5.91 Å². The van der Waals surface area contributed by atoms with Crippen LogP contribution in [0.25, 0.3) is 15.9 Å². The van der Waals surface area contributed by atoms with Gasteiger partial charge in [0.15, 0.2) is 0 Å². The van der Waals surface area contributed by atoms with Crippen molar-refractivity contribution in [3.05, 3.63) is 81.8 Å². The number of para-hydroxylation sites is 1. The number of nitrogens with one attached hydrogen (secondary N) is 2. The minimum absolute atomic E-state index is 0.387. The maximum absolute atomic E-state index is 12.5. The number of thiophene rings is 1. The van der Waals surface area contributed by atoms with Crippen molar-refractivity contribution in [3.63, 3.8) is 0 Å². The zero-order chi connectivity index (χ0) is 19.7. The van der Waals surface area contributed by atoms with Crippen LogP contribution in [-0.2, 0) is 0 Å². The lowest BCUT2D eigenvalue weighted by molar-refractivity contribution is 0.0849. The Kier molecular flexibility index (Phi) is 4.85. The van der Waals surface area contributed by atoms with Gasteiger partial charge < -0.3 is 0 Å². The lowest BCUT2D eigenvalue weighted by Gasteiger charge is -2.06. The van der Waals surface area contributed by atoms with Gasteiger partial charge in [-0.15, -0.1) is 11.3 Å². The fourth-order valence-corrected chi connectivity index (χ4v) is 3.96. The van der Waals surface area contributed by atoms with Crippen molar-refractivity contribution in [2.75, 3.05) is 0 Å². The van der Waals surface area contributed by atoms with Gasteiger partial charge in [-0.2, -0.15) is 5.10 Å². The van der Waals surface area contributed by atoms with Crippen molar-refractivity contribution in [1.82, 2.24) is 20.6 Å². The predicted molar refractivity (Wildman–Crippen MR) is 110 cm³/mol. The number of fused-ring (bicyclic) bond motifs is 1. The van der Waals surface area contributed by atoms with Gasteiger partial charge in [0.05, 0.1) is 16.3 Å². The standard InChI is InChI=1S/C20H15ClN4O2S/c1-12-16-11-17(28-20(16)25(24-12)15-5-3-2-4-6-15)19(27)23-22-18(26)13-7-9-14(21)10-8-13/h2-11H,1H3,(H,22,26)(H,23,27). The topological polar surface area (TPSA) is 76.0 Å². The molecule has 0 radical (unpaired) electrons. The number of carbonyl (C=O) groups excluding carboxylic acids is 2. The van der Waals surface area contributed by atoms with Gasteiger partial charge in [-0.05, 0) is 49.4 Å². The van der Waals surface area contributed by atoms with Gasteiger partial charge in [-0.25, -0.2) is 4.68 Å². The van der Waals surface area contributed by atoms with Crippen molar-refractivity contribution in [2.45, 2.75) is 6.92 Å². The second kappa shape index (κ2) is 7.46. The molecule has 0 saturated heterocycles. The van der Waals surface area contributed by atoms with Crippen LogP contribution in [0.3, 0.4) is 0 Å². The Morgan fingerprint density at radius 1 is 1.00 bits per heavy atom. The fourth-order valence-electron chi connectivity index (χ4n) is 2.75. The number of rotatable bonds is 3. The quantitative estimate of drug-likeness (QED) is 0.499. The zero-order valence-corrected chi connectivity index (χ0v) is 16.3. The third kappa shape index (κ3) is 3.49. The number of hydrogen-bond acceptors (Lipinski definition) is 4. The van der Waals surface area contributed by atoms with Crippen LogP contribution in [0.2, 0.25) is 5.02 Å². The molecule has 0 fully saturated rings. The summed E-state index contributed by atoms with van der Waals surface area (Å²) in [5.41, 5.74) is 7.02. The highest BCUT2D eigenvalue weighted by Gasteiger charge is 2.17. The summed E-state index contributed by atoms with van der Waals surface area (Å²) in [5, 5.41) is 6.00. The first-order chi connectivity index (χ1) is 13.5.